The summed E-state index contributed by atoms with van der Waals surface area (Å²) in [5.41, 5.74) is 7.18. The van der Waals surface area contributed by atoms with Crippen LogP contribution in [-0.2, 0) is 4.74 Å². The zero-order valence-electron chi connectivity index (χ0n) is 11.0. The van der Waals surface area contributed by atoms with E-state index in [0.29, 0.717) is 12.5 Å². The van der Waals surface area contributed by atoms with Gasteiger partial charge in [-0.1, -0.05) is 29.8 Å². The van der Waals surface area contributed by atoms with E-state index in [2.05, 4.69) is 24.9 Å². The molecule has 0 aliphatic carbocycles. The SMILES string of the molecule is CC(c1ccccc1Cl)N(C)CC1COCC1N. The van der Waals surface area contributed by atoms with Crippen molar-refractivity contribution in [2.24, 2.45) is 11.7 Å². The predicted molar refractivity (Wildman–Crippen MR) is 74.8 cm³/mol. The number of ether oxygens (including phenoxy) is 1. The molecule has 100 valence electrons. The smallest absolute Gasteiger partial charge is 0.0621 e. The molecule has 18 heavy (non-hydrogen) atoms. The minimum absolute atomic E-state index is 0.158. The van der Waals surface area contributed by atoms with Crippen molar-refractivity contribution in [1.82, 2.24) is 4.90 Å². The van der Waals surface area contributed by atoms with Crippen LogP contribution in [0.2, 0.25) is 5.02 Å². The summed E-state index contributed by atoms with van der Waals surface area (Å²) in [5.74, 6) is 0.417. The highest BCUT2D eigenvalue weighted by molar-refractivity contribution is 6.31. The molecule has 1 aliphatic heterocycles. The number of nitrogens with two attached hydrogens (primary N) is 1. The van der Waals surface area contributed by atoms with Gasteiger partial charge in [0.15, 0.2) is 0 Å². The number of benzene rings is 1. The topological polar surface area (TPSA) is 38.5 Å². The molecule has 0 radical (unpaired) electrons. The lowest BCUT2D eigenvalue weighted by Crippen LogP contribution is -2.37. The molecule has 0 spiro atoms. The highest BCUT2D eigenvalue weighted by atomic mass is 35.5. The molecule has 2 rings (SSSR count). The standard InChI is InChI=1S/C14H21ClN2O/c1-10(12-5-3-4-6-13(12)15)17(2)7-11-8-18-9-14(11)16/h3-6,10-11,14H,7-9,16H2,1-2H3. The molecule has 1 fully saturated rings. The summed E-state index contributed by atoms with van der Waals surface area (Å²) in [6.07, 6.45) is 0. The predicted octanol–water partition coefficient (Wildman–Crippen LogP) is 2.31. The molecule has 0 bridgehead atoms. The molecule has 0 saturated carbocycles. The number of hydrogen-bond acceptors (Lipinski definition) is 3. The number of rotatable bonds is 4. The van der Waals surface area contributed by atoms with E-state index in [1.54, 1.807) is 0 Å². The monoisotopic (exact) mass is 268 g/mol. The Labute approximate surface area is 114 Å². The lowest BCUT2D eigenvalue weighted by Gasteiger charge is -2.29. The molecule has 1 saturated heterocycles. The van der Waals surface area contributed by atoms with E-state index < -0.39 is 0 Å². The molecular weight excluding hydrogens is 248 g/mol. The lowest BCUT2D eigenvalue weighted by molar-refractivity contribution is 0.164. The quantitative estimate of drug-likeness (QED) is 0.911. The average Bonchev–Trinajstić information content (AvgIpc) is 2.75. The highest BCUT2D eigenvalue weighted by Crippen LogP contribution is 2.27. The van der Waals surface area contributed by atoms with Crippen molar-refractivity contribution in [3.8, 4) is 0 Å². The molecule has 1 aliphatic rings. The first-order chi connectivity index (χ1) is 8.59. The molecule has 1 aromatic carbocycles. The van der Waals surface area contributed by atoms with Crippen LogP contribution >= 0.6 is 11.6 Å². The second-order valence-corrected chi connectivity index (χ2v) is 5.51. The van der Waals surface area contributed by atoms with Gasteiger partial charge in [-0.3, -0.25) is 4.90 Å². The second-order valence-electron chi connectivity index (χ2n) is 5.10. The van der Waals surface area contributed by atoms with Crippen LogP contribution in [0.15, 0.2) is 24.3 Å². The molecule has 2 N–H and O–H groups in total. The molecule has 1 aromatic rings. The van der Waals surface area contributed by atoms with Crippen molar-refractivity contribution >= 4 is 11.6 Å². The van der Waals surface area contributed by atoms with Gasteiger partial charge in [-0.05, 0) is 25.6 Å². The maximum atomic E-state index is 6.23. The maximum Gasteiger partial charge on any atom is 0.0621 e. The van der Waals surface area contributed by atoms with Crippen LogP contribution in [0.3, 0.4) is 0 Å². The van der Waals surface area contributed by atoms with Crippen LogP contribution in [-0.4, -0.2) is 37.7 Å². The number of hydrogen-bond donors (Lipinski definition) is 1. The van der Waals surface area contributed by atoms with Crippen molar-refractivity contribution < 1.29 is 4.74 Å². The van der Waals surface area contributed by atoms with Gasteiger partial charge in [0.2, 0.25) is 0 Å². The Morgan fingerprint density at radius 2 is 2.17 bits per heavy atom. The summed E-state index contributed by atoms with van der Waals surface area (Å²) in [7, 11) is 2.11. The van der Waals surface area contributed by atoms with E-state index >= 15 is 0 Å². The minimum atomic E-state index is 0.158. The van der Waals surface area contributed by atoms with Crippen molar-refractivity contribution in [2.45, 2.75) is 19.0 Å². The van der Waals surface area contributed by atoms with Crippen LogP contribution in [0.5, 0.6) is 0 Å². The van der Waals surface area contributed by atoms with Gasteiger partial charge in [-0.15, -0.1) is 0 Å². The molecule has 3 unspecified atom stereocenters. The van der Waals surface area contributed by atoms with Crippen molar-refractivity contribution in [3.05, 3.63) is 34.9 Å². The van der Waals surface area contributed by atoms with Gasteiger partial charge >= 0.3 is 0 Å². The Morgan fingerprint density at radius 1 is 1.44 bits per heavy atom. The number of halogens is 1. The molecule has 0 amide bonds. The van der Waals surface area contributed by atoms with E-state index in [1.165, 1.54) is 0 Å². The van der Waals surface area contributed by atoms with Gasteiger partial charge in [0, 0.05) is 29.6 Å². The number of nitrogens with zero attached hydrogens (tertiary/aromatic N) is 1. The summed E-state index contributed by atoms with van der Waals surface area (Å²) in [6.45, 7) is 4.55. The first kappa shape index (κ1) is 13.8. The van der Waals surface area contributed by atoms with Crippen molar-refractivity contribution in [2.75, 3.05) is 26.8 Å². The molecular formula is C14H21ClN2O. The fourth-order valence-corrected chi connectivity index (χ4v) is 2.68. The Kier molecular flexibility index (Phi) is 4.62. The zero-order valence-corrected chi connectivity index (χ0v) is 11.7. The first-order valence-electron chi connectivity index (χ1n) is 6.37. The minimum Gasteiger partial charge on any atom is -0.379 e. The summed E-state index contributed by atoms with van der Waals surface area (Å²) in [6, 6.07) is 8.44. The molecule has 4 heteroatoms. The first-order valence-corrected chi connectivity index (χ1v) is 6.75. The molecule has 3 atom stereocenters. The van der Waals surface area contributed by atoms with E-state index in [1.807, 2.05) is 18.2 Å². The Hall–Kier alpha value is -0.610. The molecule has 0 aromatic heterocycles. The van der Waals surface area contributed by atoms with Gasteiger partial charge in [0.05, 0.1) is 13.2 Å². The van der Waals surface area contributed by atoms with Gasteiger partial charge < -0.3 is 10.5 Å². The maximum absolute atomic E-state index is 6.23. The van der Waals surface area contributed by atoms with E-state index in [-0.39, 0.29) is 12.1 Å². The van der Waals surface area contributed by atoms with Gasteiger partial charge in [-0.25, -0.2) is 0 Å². The third kappa shape index (κ3) is 3.04. The van der Waals surface area contributed by atoms with E-state index in [0.717, 1.165) is 23.7 Å². The lowest BCUT2D eigenvalue weighted by atomic mass is 10.0. The van der Waals surface area contributed by atoms with E-state index in [9.17, 15) is 0 Å². The van der Waals surface area contributed by atoms with Crippen LogP contribution < -0.4 is 5.73 Å². The molecule has 3 nitrogen and oxygen atoms in total. The Morgan fingerprint density at radius 3 is 2.78 bits per heavy atom. The van der Waals surface area contributed by atoms with Gasteiger partial charge in [0.25, 0.3) is 0 Å². The Bertz CT molecular complexity index is 399. The highest BCUT2D eigenvalue weighted by Gasteiger charge is 2.27. The molecule has 1 heterocycles. The third-order valence-corrected chi connectivity index (χ3v) is 4.13. The Balaban J connectivity index is 2.00. The van der Waals surface area contributed by atoms with Crippen LogP contribution in [0, 0.1) is 5.92 Å². The summed E-state index contributed by atoms with van der Waals surface area (Å²) in [5, 5.41) is 0.823. The summed E-state index contributed by atoms with van der Waals surface area (Å²) >= 11 is 6.23. The average molecular weight is 269 g/mol. The van der Waals surface area contributed by atoms with Gasteiger partial charge in [-0.2, -0.15) is 0 Å². The van der Waals surface area contributed by atoms with Crippen LogP contribution in [0.25, 0.3) is 0 Å². The second kappa shape index (κ2) is 6.02. The van der Waals surface area contributed by atoms with E-state index in [4.69, 9.17) is 22.1 Å². The van der Waals surface area contributed by atoms with Crippen molar-refractivity contribution in [3.63, 3.8) is 0 Å². The zero-order chi connectivity index (χ0) is 13.1. The van der Waals surface area contributed by atoms with Crippen molar-refractivity contribution in [1.29, 1.82) is 0 Å². The van der Waals surface area contributed by atoms with Gasteiger partial charge in [0.1, 0.15) is 0 Å². The summed E-state index contributed by atoms with van der Waals surface area (Å²) < 4.78 is 5.40. The van der Waals surface area contributed by atoms with Crippen LogP contribution in [0.1, 0.15) is 18.5 Å². The third-order valence-electron chi connectivity index (χ3n) is 3.79. The fourth-order valence-electron chi connectivity index (χ4n) is 2.38. The normalized spacial score (nSPS) is 25.6. The largest absolute Gasteiger partial charge is 0.379 e. The summed E-state index contributed by atoms with van der Waals surface area (Å²) in [4.78, 5) is 2.29. The fraction of sp³-hybridized carbons (Fsp3) is 0.571. The van der Waals surface area contributed by atoms with Crippen LogP contribution in [0.4, 0.5) is 0 Å².